The summed E-state index contributed by atoms with van der Waals surface area (Å²) in [7, 11) is 0. The van der Waals surface area contributed by atoms with Crippen LogP contribution in [0.2, 0.25) is 0 Å². The van der Waals surface area contributed by atoms with Gasteiger partial charge in [0, 0.05) is 12.8 Å². The summed E-state index contributed by atoms with van der Waals surface area (Å²) in [5.41, 5.74) is 4.10. The highest BCUT2D eigenvalue weighted by molar-refractivity contribution is 7.71. The number of nitrogens with zero attached hydrogens (tertiary/aromatic N) is 2. The second-order valence-electron chi connectivity index (χ2n) is 8.15. The number of aromatic hydroxyl groups is 2. The third-order valence-corrected chi connectivity index (χ3v) is 6.16. The Morgan fingerprint density at radius 3 is 2.57 bits per heavy atom. The summed E-state index contributed by atoms with van der Waals surface area (Å²) in [4.78, 5) is 0. The maximum Gasteiger partial charge on any atom is 0.200 e. The molecule has 1 aromatic heterocycles. The molecule has 7 nitrogen and oxygen atoms in total. The minimum absolute atomic E-state index is 0.00752. The van der Waals surface area contributed by atoms with Gasteiger partial charge in [-0.1, -0.05) is 26.0 Å². The number of ether oxygens (including phenoxy) is 2. The van der Waals surface area contributed by atoms with Gasteiger partial charge < -0.3 is 19.7 Å². The van der Waals surface area contributed by atoms with Crippen LogP contribution in [0, 0.1) is 4.77 Å². The first-order valence-corrected chi connectivity index (χ1v) is 10.4. The van der Waals surface area contributed by atoms with Crippen molar-refractivity contribution in [2.75, 3.05) is 13.2 Å². The molecule has 30 heavy (non-hydrogen) atoms. The molecule has 1 aliphatic heterocycles. The number of benzene rings is 2. The van der Waals surface area contributed by atoms with Crippen LogP contribution >= 0.6 is 12.2 Å². The second-order valence-corrected chi connectivity index (χ2v) is 8.54. The standard InChI is InChI=1S/C22H23N3O4S/c1-12(2)16-5-6-17(26)18(19(16)27)20-23-24-21(30)25(20)15-4-3-13-10-22(11-14(13)9-15)28-7-8-29-22/h3-6,9,12,26-27H,7-8,10-11H2,1-2H3,(H,24,30). The number of hydrogen-bond donors (Lipinski definition) is 3. The summed E-state index contributed by atoms with van der Waals surface area (Å²) in [5.74, 6) is -0.155. The zero-order valence-electron chi connectivity index (χ0n) is 16.8. The number of H-pyrrole nitrogens is 1. The van der Waals surface area contributed by atoms with Crippen LogP contribution in [0.1, 0.15) is 36.5 Å². The minimum atomic E-state index is -0.552. The molecule has 156 valence electrons. The Kier molecular flexibility index (Phi) is 4.46. The van der Waals surface area contributed by atoms with Crippen molar-refractivity contribution in [2.24, 2.45) is 0 Å². The highest BCUT2D eigenvalue weighted by Gasteiger charge is 2.42. The average molecular weight is 426 g/mol. The monoisotopic (exact) mass is 425 g/mol. The predicted molar refractivity (Wildman–Crippen MR) is 114 cm³/mol. The van der Waals surface area contributed by atoms with Crippen molar-refractivity contribution in [3.05, 3.63) is 51.8 Å². The molecule has 1 aliphatic carbocycles. The molecule has 8 heteroatoms. The molecule has 2 aliphatic rings. The molecule has 2 aromatic carbocycles. The van der Waals surface area contributed by atoms with Crippen LogP contribution in [0.25, 0.3) is 17.1 Å². The summed E-state index contributed by atoms with van der Waals surface area (Å²) in [5, 5.41) is 28.5. The highest BCUT2D eigenvalue weighted by Crippen LogP contribution is 2.42. The van der Waals surface area contributed by atoms with Gasteiger partial charge in [0.15, 0.2) is 16.4 Å². The van der Waals surface area contributed by atoms with Crippen LogP contribution in [0.15, 0.2) is 30.3 Å². The van der Waals surface area contributed by atoms with Crippen molar-refractivity contribution in [1.29, 1.82) is 0 Å². The van der Waals surface area contributed by atoms with Gasteiger partial charge in [-0.3, -0.25) is 9.67 Å². The number of hydrogen-bond acceptors (Lipinski definition) is 6. The maximum absolute atomic E-state index is 10.9. The van der Waals surface area contributed by atoms with Gasteiger partial charge in [0.1, 0.15) is 17.1 Å². The van der Waals surface area contributed by atoms with E-state index < -0.39 is 5.79 Å². The lowest BCUT2D eigenvalue weighted by Crippen LogP contribution is -2.30. The number of nitrogens with one attached hydrogen (secondary N) is 1. The molecule has 5 rings (SSSR count). The average Bonchev–Trinajstić information content (AvgIpc) is 3.40. The summed E-state index contributed by atoms with van der Waals surface area (Å²) in [6.07, 6.45) is 1.40. The van der Waals surface area contributed by atoms with E-state index in [2.05, 4.69) is 10.2 Å². The Labute approximate surface area is 178 Å². The lowest BCUT2D eigenvalue weighted by molar-refractivity contribution is -0.147. The zero-order valence-corrected chi connectivity index (χ0v) is 17.6. The Morgan fingerprint density at radius 2 is 1.83 bits per heavy atom. The number of fused-ring (bicyclic) bond motifs is 1. The summed E-state index contributed by atoms with van der Waals surface area (Å²) in [6, 6.07) is 9.36. The zero-order chi connectivity index (χ0) is 21.0. The van der Waals surface area contributed by atoms with Crippen LogP contribution in [0.5, 0.6) is 11.5 Å². The van der Waals surface area contributed by atoms with Crippen LogP contribution in [-0.4, -0.2) is 44.0 Å². The van der Waals surface area contributed by atoms with E-state index in [1.54, 1.807) is 16.7 Å². The molecule has 3 N–H and O–H groups in total. The van der Waals surface area contributed by atoms with Crippen molar-refractivity contribution in [3.8, 4) is 28.6 Å². The fraction of sp³-hybridized carbons (Fsp3) is 0.364. The number of rotatable bonds is 3. The summed E-state index contributed by atoms with van der Waals surface area (Å²) < 4.78 is 13.8. The molecule has 0 amide bonds. The second kappa shape index (κ2) is 6.94. The predicted octanol–water partition coefficient (Wildman–Crippen LogP) is 3.97. The van der Waals surface area contributed by atoms with E-state index in [4.69, 9.17) is 21.7 Å². The van der Waals surface area contributed by atoms with Gasteiger partial charge in [-0.05, 0) is 53.0 Å². The lowest BCUT2D eigenvalue weighted by atomic mass is 9.98. The minimum Gasteiger partial charge on any atom is -0.507 e. The molecule has 1 saturated heterocycles. The Hall–Kier alpha value is -2.68. The molecule has 0 saturated carbocycles. The molecular weight excluding hydrogens is 402 g/mol. The van der Waals surface area contributed by atoms with Crippen LogP contribution in [-0.2, 0) is 22.3 Å². The molecule has 3 aromatic rings. The van der Waals surface area contributed by atoms with Crippen LogP contribution < -0.4 is 0 Å². The van der Waals surface area contributed by atoms with E-state index in [1.165, 1.54) is 5.56 Å². The quantitative estimate of drug-likeness (QED) is 0.550. The summed E-state index contributed by atoms with van der Waals surface area (Å²) in [6.45, 7) is 5.19. The van der Waals surface area contributed by atoms with Crippen molar-refractivity contribution in [1.82, 2.24) is 14.8 Å². The Morgan fingerprint density at radius 1 is 1.10 bits per heavy atom. The van der Waals surface area contributed by atoms with Gasteiger partial charge >= 0.3 is 0 Å². The van der Waals surface area contributed by atoms with Gasteiger partial charge in [-0.15, -0.1) is 0 Å². The van der Waals surface area contributed by atoms with Crippen molar-refractivity contribution in [3.63, 3.8) is 0 Å². The molecule has 0 unspecified atom stereocenters. The first-order valence-electron chi connectivity index (χ1n) is 10.0. The molecule has 1 fully saturated rings. The van der Waals surface area contributed by atoms with Crippen LogP contribution in [0.3, 0.4) is 0 Å². The van der Waals surface area contributed by atoms with E-state index in [-0.39, 0.29) is 23.0 Å². The van der Waals surface area contributed by atoms with Crippen molar-refractivity contribution >= 4 is 12.2 Å². The largest absolute Gasteiger partial charge is 0.507 e. The number of phenolic OH excluding ortho intramolecular Hbond substituents is 2. The Bertz CT molecular complexity index is 1190. The molecule has 2 heterocycles. The highest BCUT2D eigenvalue weighted by atomic mass is 32.1. The molecule has 0 bridgehead atoms. The van der Waals surface area contributed by atoms with Gasteiger partial charge in [-0.2, -0.15) is 5.10 Å². The Balaban J connectivity index is 1.63. The van der Waals surface area contributed by atoms with Crippen molar-refractivity contribution < 1.29 is 19.7 Å². The SMILES string of the molecule is CC(C)c1ccc(O)c(-c2n[nH]c(=S)n2-c2ccc3c(c2)CC2(C3)OCCO2)c1O. The normalized spacial score (nSPS) is 17.2. The fourth-order valence-electron chi connectivity index (χ4n) is 4.42. The van der Waals surface area contributed by atoms with E-state index in [0.717, 1.165) is 23.2 Å². The van der Waals surface area contributed by atoms with Crippen molar-refractivity contribution in [2.45, 2.75) is 38.4 Å². The topological polar surface area (TPSA) is 92.5 Å². The molecular formula is C22H23N3O4S. The molecule has 0 atom stereocenters. The third kappa shape index (κ3) is 2.94. The van der Waals surface area contributed by atoms with E-state index in [1.807, 2.05) is 32.0 Å². The van der Waals surface area contributed by atoms with E-state index in [9.17, 15) is 10.2 Å². The smallest absolute Gasteiger partial charge is 0.200 e. The lowest BCUT2D eigenvalue weighted by Gasteiger charge is -2.20. The van der Waals surface area contributed by atoms with E-state index in [0.29, 0.717) is 30.2 Å². The van der Waals surface area contributed by atoms with Gasteiger partial charge in [0.25, 0.3) is 0 Å². The van der Waals surface area contributed by atoms with E-state index >= 15 is 0 Å². The first-order chi connectivity index (χ1) is 14.4. The maximum atomic E-state index is 10.9. The molecule has 1 spiro atoms. The fourth-order valence-corrected chi connectivity index (χ4v) is 4.66. The molecule has 0 radical (unpaired) electrons. The number of aromatic nitrogens is 3. The van der Waals surface area contributed by atoms with Gasteiger partial charge in [0.2, 0.25) is 0 Å². The first kappa shape index (κ1) is 19.3. The number of phenols is 2. The number of aromatic amines is 1. The van der Waals surface area contributed by atoms with Crippen LogP contribution in [0.4, 0.5) is 0 Å². The van der Waals surface area contributed by atoms with Gasteiger partial charge in [-0.25, -0.2) is 0 Å². The van der Waals surface area contributed by atoms with Gasteiger partial charge in [0.05, 0.1) is 18.9 Å². The summed E-state index contributed by atoms with van der Waals surface area (Å²) >= 11 is 5.49. The third-order valence-electron chi connectivity index (χ3n) is 5.89.